The van der Waals surface area contributed by atoms with E-state index in [1.807, 2.05) is 20.8 Å². The van der Waals surface area contributed by atoms with E-state index in [2.05, 4.69) is 0 Å². The zero-order chi connectivity index (χ0) is 18.5. The van der Waals surface area contributed by atoms with E-state index in [1.165, 1.54) is 14.2 Å². The molecule has 7 nitrogen and oxygen atoms in total. The quantitative estimate of drug-likeness (QED) is 0.547. The van der Waals surface area contributed by atoms with Crippen LogP contribution in [0.15, 0.2) is 0 Å². The molecule has 2 bridgehead atoms. The average molecular weight is 356 g/mol. The number of hydrogen-bond donors (Lipinski definition) is 0. The third-order valence-electron chi connectivity index (χ3n) is 6.18. The maximum absolute atomic E-state index is 13.0. The second-order valence-corrected chi connectivity index (χ2v) is 8.03. The molecule has 0 radical (unpaired) electrons. The summed E-state index contributed by atoms with van der Waals surface area (Å²) in [6.07, 6.45) is 1.10. The minimum absolute atomic E-state index is 0.0255. The van der Waals surface area contributed by atoms with Gasteiger partial charge in [-0.05, 0) is 26.7 Å². The average Bonchev–Trinajstić information content (AvgIpc) is 2.92. The smallest absolute Gasteiger partial charge is 0.312 e. The highest BCUT2D eigenvalue weighted by Crippen LogP contribution is 2.60. The van der Waals surface area contributed by atoms with Crippen molar-refractivity contribution in [3.05, 3.63) is 0 Å². The van der Waals surface area contributed by atoms with Crippen molar-refractivity contribution in [1.29, 1.82) is 0 Å². The first-order chi connectivity index (χ1) is 11.7. The normalized spacial score (nSPS) is 42.6. The van der Waals surface area contributed by atoms with Gasteiger partial charge in [0.2, 0.25) is 0 Å². The molecule has 142 valence electrons. The molecule has 0 aromatic carbocycles. The van der Waals surface area contributed by atoms with Crippen LogP contribution >= 0.6 is 0 Å². The SMILES string of the molecule is COCO[C@]12CC[C@](C)(C(=O)C1)[C@H]([C@H]1COC(C)(C)O1)[C@H]2C(=O)OC. The molecule has 4 aliphatic rings. The Hall–Kier alpha value is -1.02. The van der Waals surface area contributed by atoms with Gasteiger partial charge >= 0.3 is 5.97 Å². The molecule has 0 N–H and O–H groups in total. The van der Waals surface area contributed by atoms with Crippen LogP contribution in [0.2, 0.25) is 0 Å². The van der Waals surface area contributed by atoms with Crippen molar-refractivity contribution in [2.75, 3.05) is 27.6 Å². The molecule has 4 rings (SSSR count). The summed E-state index contributed by atoms with van der Waals surface area (Å²) in [5, 5.41) is 0. The third-order valence-corrected chi connectivity index (χ3v) is 6.18. The fourth-order valence-electron chi connectivity index (χ4n) is 4.88. The fraction of sp³-hybridized carbons (Fsp3) is 0.889. The zero-order valence-electron chi connectivity index (χ0n) is 15.6. The molecule has 1 heterocycles. The Morgan fingerprint density at radius 2 is 1.96 bits per heavy atom. The minimum Gasteiger partial charge on any atom is -0.469 e. The first kappa shape index (κ1) is 18.8. The van der Waals surface area contributed by atoms with Crippen molar-refractivity contribution < 1.29 is 33.3 Å². The number of Topliss-reactive ketones (excluding diaryl/α,β-unsaturated/α-hetero) is 1. The zero-order valence-corrected chi connectivity index (χ0v) is 15.6. The monoisotopic (exact) mass is 356 g/mol. The van der Waals surface area contributed by atoms with E-state index < -0.39 is 22.7 Å². The Labute approximate surface area is 148 Å². The molecule has 1 saturated heterocycles. The van der Waals surface area contributed by atoms with Crippen LogP contribution < -0.4 is 0 Å². The predicted molar refractivity (Wildman–Crippen MR) is 86.6 cm³/mol. The molecule has 0 aromatic rings. The lowest BCUT2D eigenvalue weighted by Gasteiger charge is -2.59. The lowest BCUT2D eigenvalue weighted by Crippen LogP contribution is -2.68. The van der Waals surface area contributed by atoms with Crippen molar-refractivity contribution in [3.8, 4) is 0 Å². The highest BCUT2D eigenvalue weighted by Gasteiger charge is 2.68. The minimum atomic E-state index is -0.904. The molecular weight excluding hydrogens is 328 g/mol. The number of esters is 1. The molecule has 3 saturated carbocycles. The maximum Gasteiger partial charge on any atom is 0.312 e. The van der Waals surface area contributed by atoms with E-state index in [9.17, 15) is 9.59 Å². The lowest BCUT2D eigenvalue weighted by atomic mass is 9.47. The number of methoxy groups -OCH3 is 2. The lowest BCUT2D eigenvalue weighted by molar-refractivity contribution is -0.245. The Balaban J connectivity index is 2.02. The number of ketones is 1. The van der Waals surface area contributed by atoms with E-state index in [-0.39, 0.29) is 37.0 Å². The number of hydrogen-bond acceptors (Lipinski definition) is 7. The Kier molecular flexibility index (Phi) is 4.73. The van der Waals surface area contributed by atoms with Crippen molar-refractivity contribution in [2.45, 2.75) is 57.5 Å². The van der Waals surface area contributed by atoms with E-state index >= 15 is 0 Å². The molecule has 4 fully saturated rings. The van der Waals surface area contributed by atoms with Gasteiger partial charge in [0, 0.05) is 24.9 Å². The molecule has 0 aromatic heterocycles. The second kappa shape index (κ2) is 6.30. The van der Waals surface area contributed by atoms with E-state index in [0.717, 1.165) is 0 Å². The largest absolute Gasteiger partial charge is 0.469 e. The van der Waals surface area contributed by atoms with Crippen LogP contribution in [-0.4, -0.2) is 56.9 Å². The maximum atomic E-state index is 13.0. The van der Waals surface area contributed by atoms with Gasteiger partial charge in [-0.25, -0.2) is 0 Å². The van der Waals surface area contributed by atoms with Crippen LogP contribution in [0.25, 0.3) is 0 Å². The summed E-state index contributed by atoms with van der Waals surface area (Å²) < 4.78 is 27.9. The molecule has 0 spiro atoms. The van der Waals surface area contributed by atoms with E-state index in [0.29, 0.717) is 19.4 Å². The summed E-state index contributed by atoms with van der Waals surface area (Å²) in [5.74, 6) is -1.94. The van der Waals surface area contributed by atoms with E-state index in [4.69, 9.17) is 23.7 Å². The first-order valence-corrected chi connectivity index (χ1v) is 8.75. The van der Waals surface area contributed by atoms with Crippen molar-refractivity contribution in [1.82, 2.24) is 0 Å². The summed E-state index contributed by atoms with van der Waals surface area (Å²) in [7, 11) is 2.89. The van der Waals surface area contributed by atoms with Crippen LogP contribution in [0.5, 0.6) is 0 Å². The molecule has 7 heteroatoms. The summed E-state index contributed by atoms with van der Waals surface area (Å²) >= 11 is 0. The molecular formula is C18H28O7. The fourth-order valence-corrected chi connectivity index (χ4v) is 4.88. The Morgan fingerprint density at radius 1 is 1.24 bits per heavy atom. The van der Waals surface area contributed by atoms with Gasteiger partial charge in [0.25, 0.3) is 0 Å². The summed E-state index contributed by atoms with van der Waals surface area (Å²) in [6.45, 7) is 5.97. The van der Waals surface area contributed by atoms with Gasteiger partial charge in [0.05, 0.1) is 31.3 Å². The van der Waals surface area contributed by atoms with Crippen LogP contribution in [0.3, 0.4) is 0 Å². The number of carbonyl (C=O) groups is 2. The van der Waals surface area contributed by atoms with Gasteiger partial charge in [-0.2, -0.15) is 0 Å². The van der Waals surface area contributed by atoms with Gasteiger partial charge < -0.3 is 23.7 Å². The highest BCUT2D eigenvalue weighted by atomic mass is 16.7. The summed E-state index contributed by atoms with van der Waals surface area (Å²) in [4.78, 5) is 25.7. The molecule has 0 amide bonds. The van der Waals surface area contributed by atoms with Crippen molar-refractivity contribution in [2.24, 2.45) is 17.3 Å². The van der Waals surface area contributed by atoms with Gasteiger partial charge in [-0.15, -0.1) is 0 Å². The van der Waals surface area contributed by atoms with Gasteiger partial charge in [-0.3, -0.25) is 9.59 Å². The number of fused-ring (bicyclic) bond motifs is 3. The van der Waals surface area contributed by atoms with Gasteiger partial charge in [0.15, 0.2) is 5.79 Å². The second-order valence-electron chi connectivity index (χ2n) is 8.03. The molecule has 25 heavy (non-hydrogen) atoms. The van der Waals surface area contributed by atoms with Crippen LogP contribution in [0, 0.1) is 17.3 Å². The molecule has 1 aliphatic heterocycles. The van der Waals surface area contributed by atoms with Gasteiger partial charge in [-0.1, -0.05) is 6.92 Å². The van der Waals surface area contributed by atoms with Crippen LogP contribution in [-0.2, 0) is 33.3 Å². The topological polar surface area (TPSA) is 80.3 Å². The van der Waals surface area contributed by atoms with Crippen molar-refractivity contribution in [3.63, 3.8) is 0 Å². The molecule has 5 atom stereocenters. The Bertz CT molecular complexity index is 556. The van der Waals surface area contributed by atoms with E-state index in [1.54, 1.807) is 0 Å². The van der Waals surface area contributed by atoms with Crippen LogP contribution in [0.4, 0.5) is 0 Å². The predicted octanol–water partition coefficient (Wildman–Crippen LogP) is 1.68. The number of rotatable bonds is 5. The highest BCUT2D eigenvalue weighted by molar-refractivity contribution is 5.91. The number of ether oxygens (including phenoxy) is 5. The third kappa shape index (κ3) is 2.91. The number of carbonyl (C=O) groups excluding carboxylic acids is 2. The van der Waals surface area contributed by atoms with Crippen molar-refractivity contribution >= 4 is 11.8 Å². The summed E-state index contributed by atoms with van der Waals surface area (Å²) in [6, 6.07) is 0. The van der Waals surface area contributed by atoms with Crippen LogP contribution in [0.1, 0.15) is 40.0 Å². The summed E-state index contributed by atoms with van der Waals surface area (Å²) in [5.41, 5.74) is -1.55. The Morgan fingerprint density at radius 3 is 2.48 bits per heavy atom. The first-order valence-electron chi connectivity index (χ1n) is 8.75. The van der Waals surface area contributed by atoms with Gasteiger partial charge in [0.1, 0.15) is 12.6 Å². The molecule has 0 unspecified atom stereocenters. The molecule has 3 aliphatic carbocycles. The standard InChI is InChI=1S/C18H28O7/c1-16(2)23-9-11(25-16)13-14(15(20)22-5)18(24-10-21-4)7-6-17(13,3)12(19)8-18/h11,13-14H,6-10H2,1-5H3/t11-,13-,14+,17-,18-/m1/s1.